The molecule has 0 aliphatic heterocycles. The minimum Gasteiger partial charge on any atom is -0.502 e. The van der Waals surface area contributed by atoms with E-state index in [1.807, 2.05) is 19.9 Å². The first kappa shape index (κ1) is 13.8. The number of thiol groups is 1. The fourth-order valence-electron chi connectivity index (χ4n) is 1.57. The predicted octanol–water partition coefficient (Wildman–Crippen LogP) is 3.21. The molecule has 3 nitrogen and oxygen atoms in total. The van der Waals surface area contributed by atoms with Crippen LogP contribution in [-0.4, -0.2) is 19.3 Å². The lowest BCUT2D eigenvalue weighted by Crippen LogP contribution is -1.96. The Hall–Kier alpha value is -1.29. The zero-order chi connectivity index (χ0) is 13.0. The number of aromatic hydroxyl groups is 1. The summed E-state index contributed by atoms with van der Waals surface area (Å²) in [7, 11) is 3.02. The number of ether oxygens (including phenoxy) is 2. The molecule has 0 saturated heterocycles. The number of phenolic OH excluding ortho intramolecular Hbond substituents is 1. The van der Waals surface area contributed by atoms with Gasteiger partial charge in [0.2, 0.25) is 5.75 Å². The van der Waals surface area contributed by atoms with Crippen molar-refractivity contribution in [3.05, 3.63) is 23.3 Å². The van der Waals surface area contributed by atoms with Gasteiger partial charge in [-0.1, -0.05) is 11.6 Å². The van der Waals surface area contributed by atoms with Crippen LogP contribution < -0.4 is 9.47 Å². The normalized spacial score (nSPS) is 9.94. The van der Waals surface area contributed by atoms with Gasteiger partial charge in [0.05, 0.1) is 19.1 Å². The minimum atomic E-state index is -0.000318. The second-order valence-corrected chi connectivity index (χ2v) is 4.44. The molecule has 17 heavy (non-hydrogen) atoms. The highest BCUT2D eigenvalue weighted by atomic mass is 32.1. The second-order valence-electron chi connectivity index (χ2n) is 3.96. The van der Waals surface area contributed by atoms with E-state index >= 15 is 0 Å². The summed E-state index contributed by atoms with van der Waals surface area (Å²) in [5, 5.41) is 10.00. The first-order chi connectivity index (χ1) is 8.01. The lowest BCUT2D eigenvalue weighted by atomic mass is 10.1. The van der Waals surface area contributed by atoms with Crippen LogP contribution in [0.1, 0.15) is 19.4 Å². The molecule has 0 bridgehead atoms. The van der Waals surface area contributed by atoms with Crippen molar-refractivity contribution in [3.8, 4) is 17.2 Å². The van der Waals surface area contributed by atoms with Crippen molar-refractivity contribution in [2.24, 2.45) is 0 Å². The summed E-state index contributed by atoms with van der Waals surface area (Å²) >= 11 is 4.29. The third-order valence-corrected chi connectivity index (χ3v) is 2.74. The molecule has 4 heteroatoms. The highest BCUT2D eigenvalue weighted by molar-refractivity contribution is 7.80. The molecule has 1 aromatic rings. The van der Waals surface area contributed by atoms with Crippen LogP contribution in [0.25, 0.3) is 0 Å². The lowest BCUT2D eigenvalue weighted by molar-refractivity contribution is 0.332. The van der Waals surface area contributed by atoms with Crippen LogP contribution in [0.15, 0.2) is 22.6 Å². The molecule has 0 fully saturated rings. The second kappa shape index (κ2) is 5.87. The van der Waals surface area contributed by atoms with E-state index in [4.69, 9.17) is 9.47 Å². The first-order valence-corrected chi connectivity index (χ1v) is 5.75. The van der Waals surface area contributed by atoms with E-state index < -0.39 is 0 Å². The number of methoxy groups -OCH3 is 2. The van der Waals surface area contributed by atoms with Gasteiger partial charge >= 0.3 is 0 Å². The molecule has 1 aromatic carbocycles. The Morgan fingerprint density at radius 2 is 1.88 bits per heavy atom. The molecule has 0 heterocycles. The van der Waals surface area contributed by atoms with E-state index in [1.54, 1.807) is 0 Å². The molecule has 0 aliphatic rings. The number of allylic oxidation sites excluding steroid dienone is 2. The van der Waals surface area contributed by atoms with Crippen LogP contribution >= 0.6 is 12.6 Å². The minimum absolute atomic E-state index is 0.000318. The fraction of sp³-hybridized carbons (Fsp3) is 0.385. The van der Waals surface area contributed by atoms with Crippen molar-refractivity contribution in [3.63, 3.8) is 0 Å². The molecule has 94 valence electrons. The average molecular weight is 254 g/mol. The number of hydrogen-bond acceptors (Lipinski definition) is 4. The van der Waals surface area contributed by atoms with E-state index in [0.29, 0.717) is 22.8 Å². The molecule has 0 saturated carbocycles. The fourth-order valence-corrected chi connectivity index (χ4v) is 1.92. The van der Waals surface area contributed by atoms with Crippen molar-refractivity contribution >= 4 is 12.6 Å². The third-order valence-electron chi connectivity index (χ3n) is 2.40. The van der Waals surface area contributed by atoms with E-state index in [-0.39, 0.29) is 5.75 Å². The Bertz CT molecular complexity index is 435. The van der Waals surface area contributed by atoms with Gasteiger partial charge in [0, 0.05) is 5.56 Å². The molecular formula is C13H18O3S. The summed E-state index contributed by atoms with van der Waals surface area (Å²) in [4.78, 5) is 0.600. The Balaban J connectivity index is 3.26. The van der Waals surface area contributed by atoms with Crippen molar-refractivity contribution in [2.45, 2.75) is 25.2 Å². The highest BCUT2D eigenvalue weighted by Crippen LogP contribution is 2.43. The summed E-state index contributed by atoms with van der Waals surface area (Å²) in [6, 6.07) is 1.85. The van der Waals surface area contributed by atoms with E-state index in [9.17, 15) is 5.11 Å². The summed E-state index contributed by atoms with van der Waals surface area (Å²) < 4.78 is 10.3. The molecule has 0 amide bonds. The van der Waals surface area contributed by atoms with Crippen LogP contribution in [0, 0.1) is 0 Å². The van der Waals surface area contributed by atoms with Gasteiger partial charge in [-0.15, -0.1) is 12.6 Å². The average Bonchev–Trinajstić information content (AvgIpc) is 2.26. The van der Waals surface area contributed by atoms with Crippen LogP contribution in [0.2, 0.25) is 0 Å². The standard InChI is InChI=1S/C13H18O3S/c1-8(2)5-6-9-7-10(17)13(16-4)11(14)12(9)15-3/h5,7,14,17H,6H2,1-4H3. The van der Waals surface area contributed by atoms with Gasteiger partial charge in [-0.05, 0) is 26.3 Å². The monoisotopic (exact) mass is 254 g/mol. The molecular weight excluding hydrogens is 236 g/mol. The van der Waals surface area contributed by atoms with Gasteiger partial charge in [-0.25, -0.2) is 0 Å². The van der Waals surface area contributed by atoms with Crippen molar-refractivity contribution in [1.82, 2.24) is 0 Å². The Morgan fingerprint density at radius 1 is 1.29 bits per heavy atom. The van der Waals surface area contributed by atoms with Crippen LogP contribution in [0.4, 0.5) is 0 Å². The predicted molar refractivity (Wildman–Crippen MR) is 71.6 cm³/mol. The molecule has 0 atom stereocenters. The van der Waals surface area contributed by atoms with Crippen LogP contribution in [0.3, 0.4) is 0 Å². The molecule has 0 aliphatic carbocycles. The summed E-state index contributed by atoms with van der Waals surface area (Å²) in [6.45, 7) is 4.05. The van der Waals surface area contributed by atoms with Gasteiger partial charge in [0.15, 0.2) is 11.5 Å². The zero-order valence-electron chi connectivity index (χ0n) is 10.6. The van der Waals surface area contributed by atoms with Gasteiger partial charge in [0.25, 0.3) is 0 Å². The van der Waals surface area contributed by atoms with Gasteiger partial charge in [-0.2, -0.15) is 0 Å². The molecule has 0 unspecified atom stereocenters. The number of phenols is 1. The van der Waals surface area contributed by atoms with Crippen LogP contribution in [-0.2, 0) is 6.42 Å². The summed E-state index contributed by atoms with van der Waals surface area (Å²) in [6.07, 6.45) is 2.76. The zero-order valence-corrected chi connectivity index (χ0v) is 11.5. The maximum Gasteiger partial charge on any atom is 0.202 e. The number of rotatable bonds is 4. The Labute approximate surface area is 107 Å². The molecule has 1 rings (SSSR count). The maximum atomic E-state index is 10.00. The van der Waals surface area contributed by atoms with Gasteiger partial charge in [0.1, 0.15) is 0 Å². The summed E-state index contributed by atoms with van der Waals surface area (Å²) in [5.41, 5.74) is 2.10. The van der Waals surface area contributed by atoms with E-state index in [2.05, 4.69) is 18.7 Å². The number of benzene rings is 1. The van der Waals surface area contributed by atoms with Gasteiger partial charge in [-0.3, -0.25) is 0 Å². The molecule has 1 N–H and O–H groups in total. The smallest absolute Gasteiger partial charge is 0.202 e. The van der Waals surface area contributed by atoms with Crippen LogP contribution in [0.5, 0.6) is 17.2 Å². The molecule has 0 spiro atoms. The molecule has 0 radical (unpaired) electrons. The quantitative estimate of drug-likeness (QED) is 0.640. The van der Waals surface area contributed by atoms with Crippen molar-refractivity contribution in [1.29, 1.82) is 0 Å². The van der Waals surface area contributed by atoms with Crippen molar-refractivity contribution in [2.75, 3.05) is 14.2 Å². The van der Waals surface area contributed by atoms with Crippen molar-refractivity contribution < 1.29 is 14.6 Å². The lowest BCUT2D eigenvalue weighted by Gasteiger charge is -2.14. The first-order valence-electron chi connectivity index (χ1n) is 5.30. The highest BCUT2D eigenvalue weighted by Gasteiger charge is 2.16. The SMILES string of the molecule is COc1c(S)cc(CC=C(C)C)c(OC)c1O. The topological polar surface area (TPSA) is 38.7 Å². The number of hydrogen-bond donors (Lipinski definition) is 2. The molecule has 0 aromatic heterocycles. The Kier molecular flexibility index (Phi) is 4.75. The van der Waals surface area contributed by atoms with E-state index in [0.717, 1.165) is 5.56 Å². The third kappa shape index (κ3) is 3.09. The summed E-state index contributed by atoms with van der Waals surface area (Å²) in [5.74, 6) is 0.780. The van der Waals surface area contributed by atoms with Gasteiger partial charge < -0.3 is 14.6 Å². The Morgan fingerprint density at radius 3 is 2.35 bits per heavy atom. The van der Waals surface area contributed by atoms with E-state index in [1.165, 1.54) is 19.8 Å². The maximum absolute atomic E-state index is 10.00. The largest absolute Gasteiger partial charge is 0.502 e.